The number of hydrogen-bond donors (Lipinski definition) is 5. The van der Waals surface area contributed by atoms with Crippen LogP contribution in [-0.4, -0.2) is 58.0 Å². The maximum atomic E-state index is 13.0. The molecule has 0 saturated heterocycles. The number of rotatable bonds is 10. The van der Waals surface area contributed by atoms with Crippen LogP contribution in [0.15, 0.2) is 53.4 Å². The first-order valence-corrected chi connectivity index (χ1v) is 12.7. The number of benzene rings is 2. The Morgan fingerprint density at radius 1 is 1.00 bits per heavy atom. The molecule has 0 spiro atoms. The molecule has 0 aliphatic carbocycles. The van der Waals surface area contributed by atoms with Gasteiger partial charge in [-0.05, 0) is 54.3 Å². The first-order chi connectivity index (χ1) is 14.3. The Hall–Kier alpha value is -1.78. The molecule has 0 radical (unpaired) electrons. The van der Waals surface area contributed by atoms with Crippen LogP contribution in [0.25, 0.3) is 0 Å². The fourth-order valence-electron chi connectivity index (χ4n) is 3.02. The summed E-state index contributed by atoms with van der Waals surface area (Å²) in [5.41, 5.74) is 6.75. The van der Waals surface area contributed by atoms with E-state index < -0.39 is 29.8 Å². The molecule has 0 aromatic heterocycles. The molecule has 0 amide bonds. The summed E-state index contributed by atoms with van der Waals surface area (Å²) in [5, 5.41) is 19.9. The van der Waals surface area contributed by atoms with Crippen LogP contribution < -0.4 is 11.0 Å². The first kappa shape index (κ1) is 25.5. The summed E-state index contributed by atoms with van der Waals surface area (Å²) in [5.74, 6) is -0.0586. The van der Waals surface area contributed by atoms with Gasteiger partial charge in [-0.2, -0.15) is 4.31 Å². The highest BCUT2D eigenvalue weighted by molar-refractivity contribution is 7.89. The smallest absolute Gasteiger partial charge is 0.356 e. The summed E-state index contributed by atoms with van der Waals surface area (Å²) in [6.45, 7) is 3.66. The molecular formula is C20H29N2O7PS. The number of sulfonamides is 1. The predicted molar refractivity (Wildman–Crippen MR) is 118 cm³/mol. The molecule has 0 fully saturated rings. The molecule has 6 N–H and O–H groups in total. The average molecular weight is 473 g/mol. The summed E-state index contributed by atoms with van der Waals surface area (Å²) in [7, 11) is -8.26. The number of aromatic hydroxyl groups is 1. The largest absolute Gasteiger partial charge is 0.508 e. The zero-order chi connectivity index (χ0) is 23.4. The lowest BCUT2D eigenvalue weighted by atomic mass is 10.0. The van der Waals surface area contributed by atoms with Gasteiger partial charge in [0.15, 0.2) is 0 Å². The fraction of sp³-hybridized carbons (Fsp3) is 0.400. The number of hydrogen-bond acceptors (Lipinski definition) is 6. The molecule has 0 saturated carbocycles. The van der Waals surface area contributed by atoms with Gasteiger partial charge in [-0.15, -0.1) is 0 Å². The Morgan fingerprint density at radius 3 is 2.03 bits per heavy atom. The molecule has 0 unspecified atom stereocenters. The predicted octanol–water partition coefficient (Wildman–Crippen LogP) is 0.773. The van der Waals surface area contributed by atoms with Crippen molar-refractivity contribution in [3.05, 3.63) is 54.1 Å². The zero-order valence-corrected chi connectivity index (χ0v) is 19.1. The van der Waals surface area contributed by atoms with Crippen molar-refractivity contribution in [3.8, 4) is 5.75 Å². The molecule has 0 aliphatic heterocycles. The monoisotopic (exact) mass is 472 g/mol. The summed E-state index contributed by atoms with van der Waals surface area (Å²) >= 11 is 0. The minimum atomic E-state index is -4.34. The van der Waals surface area contributed by atoms with E-state index in [9.17, 15) is 33.0 Å². The molecule has 31 heavy (non-hydrogen) atoms. The highest BCUT2D eigenvalue weighted by Crippen LogP contribution is 2.32. The van der Waals surface area contributed by atoms with Crippen molar-refractivity contribution in [3.63, 3.8) is 0 Å². The normalized spacial score (nSPS) is 14.7. The highest BCUT2D eigenvalue weighted by Gasteiger charge is 2.29. The van der Waals surface area contributed by atoms with Crippen molar-refractivity contribution in [2.75, 3.05) is 13.1 Å². The summed E-state index contributed by atoms with van der Waals surface area (Å²) in [6, 6.07) is 9.99. The van der Waals surface area contributed by atoms with Crippen molar-refractivity contribution in [2.45, 2.75) is 37.3 Å². The Balaban J connectivity index is 2.15. The van der Waals surface area contributed by atoms with Crippen LogP contribution in [0.1, 0.15) is 19.4 Å². The average Bonchev–Trinajstić information content (AvgIpc) is 2.67. The summed E-state index contributed by atoms with van der Waals surface area (Å²) in [4.78, 5) is 18.4. The Bertz CT molecular complexity index is 1000. The summed E-state index contributed by atoms with van der Waals surface area (Å²) in [6.07, 6.45) is -0.982. The van der Waals surface area contributed by atoms with Gasteiger partial charge in [-0.3, -0.25) is 4.57 Å². The number of aliphatic hydroxyl groups is 1. The van der Waals surface area contributed by atoms with E-state index in [1.807, 2.05) is 13.8 Å². The van der Waals surface area contributed by atoms with Crippen LogP contribution >= 0.6 is 7.60 Å². The lowest BCUT2D eigenvalue weighted by Gasteiger charge is -2.28. The highest BCUT2D eigenvalue weighted by atomic mass is 32.2. The van der Waals surface area contributed by atoms with Gasteiger partial charge in [0.05, 0.1) is 16.3 Å². The van der Waals surface area contributed by atoms with E-state index in [4.69, 9.17) is 5.73 Å². The van der Waals surface area contributed by atoms with Gasteiger partial charge in [-0.1, -0.05) is 26.0 Å². The van der Waals surface area contributed by atoms with Gasteiger partial charge in [0, 0.05) is 19.1 Å². The van der Waals surface area contributed by atoms with Gasteiger partial charge in [0.2, 0.25) is 10.0 Å². The molecule has 0 heterocycles. The van der Waals surface area contributed by atoms with Crippen molar-refractivity contribution in [2.24, 2.45) is 11.7 Å². The number of nitrogens with two attached hydrogens (primary N) is 1. The maximum Gasteiger partial charge on any atom is 0.356 e. The number of aliphatic hydroxyl groups excluding tert-OH is 1. The second kappa shape index (κ2) is 10.2. The van der Waals surface area contributed by atoms with E-state index in [-0.39, 0.29) is 41.4 Å². The van der Waals surface area contributed by atoms with Crippen molar-refractivity contribution < 1.29 is 33.0 Å². The molecule has 2 atom stereocenters. The van der Waals surface area contributed by atoms with Crippen LogP contribution in [-0.2, 0) is 21.0 Å². The van der Waals surface area contributed by atoms with Gasteiger partial charge in [0.25, 0.3) is 0 Å². The lowest BCUT2D eigenvalue weighted by molar-refractivity contribution is 0.116. The number of phenolic OH excluding ortho intramolecular Hbond substituents is 1. The van der Waals surface area contributed by atoms with Crippen LogP contribution in [0, 0.1) is 5.92 Å². The zero-order valence-electron chi connectivity index (χ0n) is 17.4. The van der Waals surface area contributed by atoms with Crippen molar-refractivity contribution in [1.29, 1.82) is 0 Å². The maximum absolute atomic E-state index is 13.0. The second-order valence-corrected chi connectivity index (χ2v) is 11.4. The second-order valence-electron chi connectivity index (χ2n) is 7.86. The van der Waals surface area contributed by atoms with Gasteiger partial charge < -0.3 is 25.7 Å². The third kappa shape index (κ3) is 7.11. The van der Waals surface area contributed by atoms with Gasteiger partial charge in [-0.25, -0.2) is 8.42 Å². The molecule has 2 aromatic rings. The third-order valence-corrected chi connectivity index (χ3v) is 7.49. The molecule has 0 bridgehead atoms. The van der Waals surface area contributed by atoms with E-state index in [0.29, 0.717) is 5.56 Å². The van der Waals surface area contributed by atoms with Crippen LogP contribution in [0.2, 0.25) is 0 Å². The third-order valence-electron chi connectivity index (χ3n) is 4.67. The standard InChI is InChI=1S/C20H29N2O7PS/c1-14(2)12-22(31(28,29)18-9-5-16(23)6-10-18)13-20(24)19(21)11-15-3-7-17(8-4-15)30(25,26)27/h3-10,14,19-20,23-24H,11-13,21H2,1-2H3,(H2,25,26,27)/t19-,20+/m0/s1. The van der Waals surface area contributed by atoms with Crippen molar-refractivity contribution in [1.82, 2.24) is 4.31 Å². The van der Waals surface area contributed by atoms with Crippen LogP contribution in [0.3, 0.4) is 0 Å². The minimum absolute atomic E-state index is 0.000234. The topological polar surface area (TPSA) is 161 Å². The molecule has 0 aliphatic rings. The van der Waals surface area contributed by atoms with Crippen molar-refractivity contribution >= 4 is 22.9 Å². The van der Waals surface area contributed by atoms with Crippen LogP contribution in [0.4, 0.5) is 0 Å². The van der Waals surface area contributed by atoms with E-state index in [1.54, 1.807) is 0 Å². The number of phenols is 1. The van der Waals surface area contributed by atoms with Gasteiger partial charge >= 0.3 is 7.60 Å². The molecule has 11 heteroatoms. The Morgan fingerprint density at radius 2 is 1.55 bits per heavy atom. The molecule has 172 valence electrons. The summed E-state index contributed by atoms with van der Waals surface area (Å²) < 4.78 is 38.5. The SMILES string of the molecule is CC(C)CN(C[C@@H](O)[C@@H](N)Cc1ccc(P(=O)(O)O)cc1)S(=O)(=O)c1ccc(O)cc1. The van der Waals surface area contributed by atoms with E-state index in [1.165, 1.54) is 52.8 Å². The molecule has 2 rings (SSSR count). The quantitative estimate of drug-likeness (QED) is 0.317. The van der Waals surface area contributed by atoms with E-state index in [2.05, 4.69) is 0 Å². The Kier molecular flexibility index (Phi) is 8.40. The molecular weight excluding hydrogens is 443 g/mol. The lowest BCUT2D eigenvalue weighted by Crippen LogP contribution is -2.47. The van der Waals surface area contributed by atoms with Crippen LogP contribution in [0.5, 0.6) is 5.75 Å². The first-order valence-electron chi connectivity index (χ1n) is 9.68. The molecule has 2 aromatic carbocycles. The van der Waals surface area contributed by atoms with E-state index >= 15 is 0 Å². The Labute approximate surface area is 182 Å². The number of nitrogens with zero attached hydrogens (tertiary/aromatic N) is 1. The van der Waals surface area contributed by atoms with E-state index in [0.717, 1.165) is 0 Å². The fourth-order valence-corrected chi connectivity index (χ4v) is 5.18. The van der Waals surface area contributed by atoms with Gasteiger partial charge in [0.1, 0.15) is 5.75 Å². The molecule has 9 nitrogen and oxygen atoms in total. The minimum Gasteiger partial charge on any atom is -0.508 e.